The Bertz CT molecular complexity index is 265. The molecule has 4 bridgehead atoms. The van der Waals surface area contributed by atoms with Crippen LogP contribution in [-0.2, 0) is 0 Å². The van der Waals surface area contributed by atoms with Gasteiger partial charge < -0.3 is 15.5 Å². The summed E-state index contributed by atoms with van der Waals surface area (Å²) in [4.78, 5) is 0. The van der Waals surface area contributed by atoms with Gasteiger partial charge in [0.1, 0.15) is 0 Å². The molecule has 4 aliphatic rings. The minimum absolute atomic E-state index is 0.0444. The maximum absolute atomic E-state index is 9.61. The Balaban J connectivity index is 1.73. The first-order valence-corrected chi connectivity index (χ1v) is 7.69. The van der Waals surface area contributed by atoms with Crippen LogP contribution in [0, 0.1) is 23.7 Å². The van der Waals surface area contributed by atoms with E-state index in [0.717, 1.165) is 30.1 Å². The maximum Gasteiger partial charge on any atom is 0.0647 e. The average Bonchev–Trinajstić information content (AvgIpc) is 2.38. The van der Waals surface area contributed by atoms with Gasteiger partial charge >= 0.3 is 0 Å². The van der Waals surface area contributed by atoms with Crippen LogP contribution in [0.2, 0.25) is 0 Å². The molecule has 0 atom stereocenters. The van der Waals surface area contributed by atoms with E-state index in [1.165, 1.54) is 32.1 Å². The summed E-state index contributed by atoms with van der Waals surface area (Å²) < 4.78 is 0. The van der Waals surface area contributed by atoms with Crippen LogP contribution >= 0.6 is 0 Å². The lowest BCUT2D eigenvalue weighted by Crippen LogP contribution is -2.63. The standard InChI is InChI=1S/C15H27NO2/c1-2-15(8-17,9-18)16-14-12-4-10-3-11(6-12)7-13(14)5-10/h10-14,16-18H,2-9H2,1H3. The average molecular weight is 253 g/mol. The lowest BCUT2D eigenvalue weighted by atomic mass is 9.54. The second kappa shape index (κ2) is 4.77. The zero-order chi connectivity index (χ0) is 12.8. The van der Waals surface area contributed by atoms with E-state index >= 15 is 0 Å². The molecular weight excluding hydrogens is 226 g/mol. The Morgan fingerprint density at radius 3 is 1.83 bits per heavy atom. The van der Waals surface area contributed by atoms with Gasteiger partial charge in [-0.1, -0.05) is 6.92 Å². The van der Waals surface area contributed by atoms with Gasteiger partial charge in [-0.25, -0.2) is 0 Å². The smallest absolute Gasteiger partial charge is 0.0647 e. The van der Waals surface area contributed by atoms with Crippen LogP contribution in [0.4, 0.5) is 0 Å². The van der Waals surface area contributed by atoms with E-state index in [4.69, 9.17) is 0 Å². The second-order valence-corrected chi connectivity index (χ2v) is 7.05. The predicted octanol–water partition coefficient (Wildman–Crippen LogP) is 1.53. The maximum atomic E-state index is 9.61. The minimum atomic E-state index is -0.458. The van der Waals surface area contributed by atoms with Crippen LogP contribution in [0.5, 0.6) is 0 Å². The Hall–Kier alpha value is -0.120. The fourth-order valence-electron chi connectivity index (χ4n) is 4.98. The highest BCUT2D eigenvalue weighted by Gasteiger charge is 2.49. The largest absolute Gasteiger partial charge is 0.394 e. The summed E-state index contributed by atoms with van der Waals surface area (Å²) in [5.74, 6) is 3.55. The van der Waals surface area contributed by atoms with Crippen molar-refractivity contribution in [3.63, 3.8) is 0 Å². The first-order valence-electron chi connectivity index (χ1n) is 7.69. The Morgan fingerprint density at radius 2 is 1.44 bits per heavy atom. The topological polar surface area (TPSA) is 52.5 Å². The molecule has 0 unspecified atom stereocenters. The lowest BCUT2D eigenvalue weighted by molar-refractivity contribution is -0.0391. The molecule has 4 aliphatic carbocycles. The molecule has 3 nitrogen and oxygen atoms in total. The molecule has 104 valence electrons. The highest BCUT2D eigenvalue weighted by molar-refractivity contribution is 5.04. The SMILES string of the molecule is CCC(CO)(CO)NC1C2CC3CC(C2)CC1C3. The molecular formula is C15H27NO2. The first-order chi connectivity index (χ1) is 8.69. The fraction of sp³-hybridized carbons (Fsp3) is 1.00. The van der Waals surface area contributed by atoms with E-state index in [-0.39, 0.29) is 13.2 Å². The summed E-state index contributed by atoms with van der Waals surface area (Å²) >= 11 is 0. The van der Waals surface area contributed by atoms with Crippen LogP contribution in [0.25, 0.3) is 0 Å². The number of hydrogen-bond acceptors (Lipinski definition) is 3. The van der Waals surface area contributed by atoms with Gasteiger partial charge in [0, 0.05) is 6.04 Å². The van der Waals surface area contributed by atoms with Crippen molar-refractivity contribution < 1.29 is 10.2 Å². The third kappa shape index (κ3) is 2.00. The number of aliphatic hydroxyl groups is 2. The molecule has 18 heavy (non-hydrogen) atoms. The molecule has 0 aromatic carbocycles. The molecule has 3 heteroatoms. The van der Waals surface area contributed by atoms with Gasteiger partial charge in [-0.15, -0.1) is 0 Å². The van der Waals surface area contributed by atoms with Gasteiger partial charge in [0.25, 0.3) is 0 Å². The molecule has 3 N–H and O–H groups in total. The molecule has 4 rings (SSSR count). The predicted molar refractivity (Wildman–Crippen MR) is 71.2 cm³/mol. The van der Waals surface area contributed by atoms with Crippen LogP contribution in [0.15, 0.2) is 0 Å². The summed E-state index contributed by atoms with van der Waals surface area (Å²) in [7, 11) is 0. The zero-order valence-corrected chi connectivity index (χ0v) is 11.4. The third-order valence-electron chi connectivity index (χ3n) is 5.98. The van der Waals surface area contributed by atoms with Crippen LogP contribution in [0.1, 0.15) is 45.4 Å². The van der Waals surface area contributed by atoms with Crippen molar-refractivity contribution in [3.8, 4) is 0 Å². The molecule has 0 spiro atoms. The van der Waals surface area contributed by atoms with Crippen LogP contribution in [0.3, 0.4) is 0 Å². The van der Waals surface area contributed by atoms with Crippen LogP contribution in [-0.4, -0.2) is 35.0 Å². The van der Waals surface area contributed by atoms with Crippen molar-refractivity contribution in [2.45, 2.75) is 57.0 Å². The van der Waals surface area contributed by atoms with Gasteiger partial charge in [0.2, 0.25) is 0 Å². The van der Waals surface area contributed by atoms with Crippen LogP contribution < -0.4 is 5.32 Å². The summed E-state index contributed by atoms with van der Waals surface area (Å²) in [5.41, 5.74) is -0.458. The Kier molecular flexibility index (Phi) is 3.41. The zero-order valence-electron chi connectivity index (χ0n) is 11.4. The molecule has 0 aromatic heterocycles. The van der Waals surface area contributed by atoms with E-state index in [1.807, 2.05) is 0 Å². The summed E-state index contributed by atoms with van der Waals surface area (Å²) in [6.45, 7) is 2.14. The van der Waals surface area contributed by atoms with Crippen molar-refractivity contribution in [1.29, 1.82) is 0 Å². The second-order valence-electron chi connectivity index (χ2n) is 7.05. The molecule has 4 saturated carbocycles. The summed E-state index contributed by atoms with van der Waals surface area (Å²) in [6.07, 6.45) is 7.77. The molecule has 0 aromatic rings. The number of aliphatic hydroxyl groups excluding tert-OH is 2. The van der Waals surface area contributed by atoms with Crippen molar-refractivity contribution in [2.75, 3.05) is 13.2 Å². The van der Waals surface area contributed by atoms with Crippen molar-refractivity contribution in [1.82, 2.24) is 5.32 Å². The highest BCUT2D eigenvalue weighted by Crippen LogP contribution is 2.54. The fourth-order valence-corrected chi connectivity index (χ4v) is 4.98. The minimum Gasteiger partial charge on any atom is -0.394 e. The van der Waals surface area contributed by atoms with Gasteiger partial charge in [-0.2, -0.15) is 0 Å². The molecule has 0 saturated heterocycles. The molecule has 0 radical (unpaired) electrons. The number of rotatable bonds is 5. The van der Waals surface area contributed by atoms with E-state index in [0.29, 0.717) is 6.04 Å². The van der Waals surface area contributed by atoms with E-state index in [2.05, 4.69) is 12.2 Å². The quantitative estimate of drug-likeness (QED) is 0.696. The van der Waals surface area contributed by atoms with Crippen molar-refractivity contribution >= 4 is 0 Å². The third-order valence-corrected chi connectivity index (χ3v) is 5.98. The lowest BCUT2D eigenvalue weighted by Gasteiger charge is -2.56. The number of hydrogen-bond donors (Lipinski definition) is 3. The van der Waals surface area contributed by atoms with Gasteiger partial charge in [0.05, 0.1) is 18.8 Å². The Morgan fingerprint density at radius 1 is 0.944 bits per heavy atom. The highest BCUT2D eigenvalue weighted by atomic mass is 16.3. The molecule has 0 heterocycles. The first kappa shape index (κ1) is 12.9. The van der Waals surface area contributed by atoms with Crippen molar-refractivity contribution in [3.05, 3.63) is 0 Å². The van der Waals surface area contributed by atoms with Crippen molar-refractivity contribution in [2.24, 2.45) is 23.7 Å². The molecule has 0 aliphatic heterocycles. The normalized spacial score (nSPS) is 42.5. The number of nitrogens with one attached hydrogen (secondary N) is 1. The van der Waals surface area contributed by atoms with E-state index in [1.54, 1.807) is 0 Å². The van der Waals surface area contributed by atoms with E-state index < -0.39 is 5.54 Å². The van der Waals surface area contributed by atoms with Gasteiger partial charge in [-0.05, 0) is 62.2 Å². The monoisotopic (exact) mass is 253 g/mol. The van der Waals surface area contributed by atoms with Gasteiger partial charge in [-0.3, -0.25) is 0 Å². The summed E-state index contributed by atoms with van der Waals surface area (Å²) in [6, 6.07) is 0.539. The van der Waals surface area contributed by atoms with E-state index in [9.17, 15) is 10.2 Å². The molecule has 4 fully saturated rings. The molecule has 0 amide bonds. The van der Waals surface area contributed by atoms with Gasteiger partial charge in [0.15, 0.2) is 0 Å². The summed E-state index contributed by atoms with van der Waals surface area (Å²) in [5, 5.41) is 22.9. The Labute approximate surface area is 110 Å².